The van der Waals surface area contributed by atoms with Gasteiger partial charge in [0.05, 0.1) is 21.7 Å². The van der Waals surface area contributed by atoms with Crippen molar-refractivity contribution in [1.82, 2.24) is 9.55 Å². The highest BCUT2D eigenvalue weighted by Crippen LogP contribution is 2.15. The molecule has 0 spiro atoms. The number of nitrogens with one attached hydrogen (secondary N) is 1. The number of non-ortho nitro benzene ring substituents is 1. The molecule has 10 nitrogen and oxygen atoms in total. The zero-order valence-corrected chi connectivity index (χ0v) is 9.68. The van der Waals surface area contributed by atoms with Gasteiger partial charge < -0.3 is 0 Å². The molecule has 2 rings (SSSR count). The Balaban J connectivity index is 2.70. The summed E-state index contributed by atoms with van der Waals surface area (Å²) in [7, 11) is 0. The second-order valence-electron chi connectivity index (χ2n) is 3.68. The third-order valence-electron chi connectivity index (χ3n) is 2.44. The van der Waals surface area contributed by atoms with Crippen LogP contribution in [0.2, 0.25) is 0 Å². The van der Waals surface area contributed by atoms with Crippen LogP contribution in [0.4, 0.5) is 11.4 Å². The summed E-state index contributed by atoms with van der Waals surface area (Å²) in [6, 6.07) is 4.92. The summed E-state index contributed by atoms with van der Waals surface area (Å²) in [5.74, 6) is 0. The molecule has 0 fully saturated rings. The van der Waals surface area contributed by atoms with Gasteiger partial charge in [0.25, 0.3) is 5.69 Å². The molecule has 0 aliphatic heterocycles. The molecule has 0 radical (unpaired) electrons. The summed E-state index contributed by atoms with van der Waals surface area (Å²) >= 11 is 0. The summed E-state index contributed by atoms with van der Waals surface area (Å²) in [6.45, 7) is 0. The van der Waals surface area contributed by atoms with Gasteiger partial charge in [-0.25, -0.2) is 4.79 Å². The zero-order valence-electron chi connectivity index (χ0n) is 9.68. The van der Waals surface area contributed by atoms with Gasteiger partial charge in [-0.1, -0.05) is 6.07 Å². The van der Waals surface area contributed by atoms with E-state index in [1.54, 1.807) is 4.98 Å². The lowest BCUT2D eigenvalue weighted by Crippen LogP contribution is -2.29. The SMILES string of the molecule is O=c1[nH]c(=O)n(-c2cccc([N+](=O)[O-])c2)cc1[N+](=O)[O-]. The van der Waals surface area contributed by atoms with Crippen molar-refractivity contribution in [2.75, 3.05) is 0 Å². The van der Waals surface area contributed by atoms with Gasteiger partial charge >= 0.3 is 16.9 Å². The highest BCUT2D eigenvalue weighted by atomic mass is 16.6. The van der Waals surface area contributed by atoms with Crippen LogP contribution >= 0.6 is 0 Å². The van der Waals surface area contributed by atoms with E-state index in [9.17, 15) is 29.8 Å². The standard InChI is InChI=1S/C10H6N4O6/c15-9-8(14(19)20)5-12(10(16)11-9)6-2-1-3-7(4-6)13(17)18/h1-5H,(H,11,15,16). The van der Waals surface area contributed by atoms with E-state index in [1.807, 2.05) is 0 Å². The number of benzene rings is 1. The van der Waals surface area contributed by atoms with Crippen molar-refractivity contribution < 1.29 is 9.85 Å². The van der Waals surface area contributed by atoms with E-state index in [4.69, 9.17) is 0 Å². The Kier molecular flexibility index (Phi) is 3.13. The molecule has 1 aromatic heterocycles. The lowest BCUT2D eigenvalue weighted by molar-refractivity contribution is -0.386. The first kappa shape index (κ1) is 13.1. The molecule has 1 N–H and O–H groups in total. The van der Waals surface area contributed by atoms with Gasteiger partial charge in [-0.3, -0.25) is 34.6 Å². The maximum atomic E-state index is 11.6. The monoisotopic (exact) mass is 278 g/mol. The topological polar surface area (TPSA) is 141 Å². The van der Waals surface area contributed by atoms with Crippen LogP contribution in [-0.4, -0.2) is 19.4 Å². The molecule has 20 heavy (non-hydrogen) atoms. The first-order valence-corrected chi connectivity index (χ1v) is 5.15. The van der Waals surface area contributed by atoms with Crippen LogP contribution < -0.4 is 11.2 Å². The minimum Gasteiger partial charge on any atom is -0.268 e. The van der Waals surface area contributed by atoms with Gasteiger partial charge in [-0.05, 0) is 6.07 Å². The summed E-state index contributed by atoms with van der Waals surface area (Å²) < 4.78 is 0.756. The van der Waals surface area contributed by atoms with E-state index in [1.165, 1.54) is 18.2 Å². The van der Waals surface area contributed by atoms with Crippen molar-refractivity contribution in [2.45, 2.75) is 0 Å². The maximum Gasteiger partial charge on any atom is 0.350 e. The van der Waals surface area contributed by atoms with Gasteiger partial charge in [-0.2, -0.15) is 0 Å². The Morgan fingerprint density at radius 2 is 1.80 bits per heavy atom. The number of nitrogens with zero attached hydrogens (tertiary/aromatic N) is 3. The molecule has 0 saturated heterocycles. The lowest BCUT2D eigenvalue weighted by Gasteiger charge is -2.04. The second kappa shape index (κ2) is 4.76. The predicted molar refractivity (Wildman–Crippen MR) is 66.0 cm³/mol. The number of hydrogen-bond donors (Lipinski definition) is 1. The van der Waals surface area contributed by atoms with Crippen LogP contribution in [0, 0.1) is 20.2 Å². The van der Waals surface area contributed by atoms with E-state index < -0.39 is 26.8 Å². The molecule has 2 aromatic rings. The van der Waals surface area contributed by atoms with Crippen LogP contribution in [-0.2, 0) is 0 Å². The summed E-state index contributed by atoms with van der Waals surface area (Å²) in [5, 5.41) is 21.3. The molecule has 0 amide bonds. The molecule has 10 heteroatoms. The molecular formula is C10H6N4O6. The van der Waals surface area contributed by atoms with E-state index in [0.29, 0.717) is 0 Å². The summed E-state index contributed by atoms with van der Waals surface area (Å²) in [5.41, 5.74) is -3.16. The van der Waals surface area contributed by atoms with Gasteiger partial charge in [0.1, 0.15) is 0 Å². The van der Waals surface area contributed by atoms with E-state index in [0.717, 1.165) is 16.8 Å². The molecule has 0 atom stereocenters. The highest BCUT2D eigenvalue weighted by molar-refractivity contribution is 5.44. The Bertz CT molecular complexity index is 821. The van der Waals surface area contributed by atoms with Crippen LogP contribution in [0.3, 0.4) is 0 Å². The maximum absolute atomic E-state index is 11.6. The fraction of sp³-hybridized carbons (Fsp3) is 0. The molecule has 0 bridgehead atoms. The number of nitro benzene ring substituents is 1. The van der Waals surface area contributed by atoms with E-state index in [-0.39, 0.29) is 11.4 Å². The number of hydrogen-bond acceptors (Lipinski definition) is 6. The van der Waals surface area contributed by atoms with Crippen molar-refractivity contribution in [3.05, 3.63) is 71.5 Å². The van der Waals surface area contributed by atoms with Crippen molar-refractivity contribution in [1.29, 1.82) is 0 Å². The molecule has 0 saturated carbocycles. The van der Waals surface area contributed by atoms with Crippen LogP contribution in [0.1, 0.15) is 0 Å². The smallest absolute Gasteiger partial charge is 0.268 e. The Labute approximate surface area is 109 Å². The average molecular weight is 278 g/mol. The normalized spacial score (nSPS) is 10.2. The van der Waals surface area contributed by atoms with Crippen LogP contribution in [0.25, 0.3) is 5.69 Å². The number of H-pyrrole nitrogens is 1. The number of aromatic amines is 1. The number of aromatic nitrogens is 2. The minimum atomic E-state index is -1.14. The molecule has 102 valence electrons. The second-order valence-corrected chi connectivity index (χ2v) is 3.68. The molecule has 1 heterocycles. The number of nitro groups is 2. The summed E-state index contributed by atoms with van der Waals surface area (Å²) in [6.07, 6.45) is 0.722. The third kappa shape index (κ3) is 2.29. The quantitative estimate of drug-likeness (QED) is 0.633. The number of rotatable bonds is 3. The average Bonchev–Trinajstić information content (AvgIpc) is 2.38. The third-order valence-corrected chi connectivity index (χ3v) is 2.44. The highest BCUT2D eigenvalue weighted by Gasteiger charge is 2.16. The fourth-order valence-corrected chi connectivity index (χ4v) is 1.54. The van der Waals surface area contributed by atoms with Crippen molar-refractivity contribution in [2.24, 2.45) is 0 Å². The van der Waals surface area contributed by atoms with Crippen molar-refractivity contribution >= 4 is 11.4 Å². The first-order valence-electron chi connectivity index (χ1n) is 5.15. The Hall–Kier alpha value is -3.30. The van der Waals surface area contributed by atoms with Crippen LogP contribution in [0.15, 0.2) is 40.1 Å². The molecule has 0 aliphatic rings. The van der Waals surface area contributed by atoms with Gasteiger partial charge in [0.15, 0.2) is 0 Å². The van der Waals surface area contributed by atoms with E-state index in [2.05, 4.69) is 0 Å². The molecule has 1 aromatic carbocycles. The van der Waals surface area contributed by atoms with Gasteiger partial charge in [0.2, 0.25) is 0 Å². The van der Waals surface area contributed by atoms with Gasteiger partial charge in [-0.15, -0.1) is 0 Å². The minimum absolute atomic E-state index is 0.0311. The zero-order chi connectivity index (χ0) is 14.9. The van der Waals surface area contributed by atoms with Crippen LogP contribution in [0.5, 0.6) is 0 Å². The largest absolute Gasteiger partial charge is 0.350 e. The summed E-state index contributed by atoms with van der Waals surface area (Å²) in [4.78, 5) is 44.3. The Morgan fingerprint density at radius 3 is 2.40 bits per heavy atom. The lowest BCUT2D eigenvalue weighted by atomic mass is 10.3. The molecule has 0 aliphatic carbocycles. The molecule has 0 unspecified atom stereocenters. The Morgan fingerprint density at radius 1 is 1.10 bits per heavy atom. The van der Waals surface area contributed by atoms with E-state index >= 15 is 0 Å². The van der Waals surface area contributed by atoms with Gasteiger partial charge in [0, 0.05) is 12.1 Å². The predicted octanol–water partition coefficient (Wildman–Crippen LogP) is 0.342. The molecular weight excluding hydrogens is 272 g/mol. The fourth-order valence-electron chi connectivity index (χ4n) is 1.54. The van der Waals surface area contributed by atoms with Crippen molar-refractivity contribution in [3.63, 3.8) is 0 Å². The van der Waals surface area contributed by atoms with Crippen molar-refractivity contribution in [3.8, 4) is 5.69 Å². The first-order chi connectivity index (χ1) is 9.40.